The van der Waals surface area contributed by atoms with E-state index in [1.165, 1.54) is 6.07 Å². The van der Waals surface area contributed by atoms with Gasteiger partial charge in [0.15, 0.2) is 0 Å². The van der Waals surface area contributed by atoms with E-state index in [-0.39, 0.29) is 11.7 Å². The van der Waals surface area contributed by atoms with Crippen molar-refractivity contribution in [1.29, 1.82) is 0 Å². The van der Waals surface area contributed by atoms with Crippen molar-refractivity contribution in [3.63, 3.8) is 0 Å². The fraction of sp³-hybridized carbons (Fsp3) is 0.400. The monoisotopic (exact) mass is 341 g/mol. The number of pyridine rings is 1. The highest BCUT2D eigenvalue weighted by molar-refractivity contribution is 5.76. The topological polar surface area (TPSA) is 36.4 Å². The minimum atomic E-state index is -0.229. The molecule has 0 spiro atoms. The molecule has 25 heavy (non-hydrogen) atoms. The lowest BCUT2D eigenvalue weighted by Gasteiger charge is -2.22. The Labute approximate surface area is 148 Å². The Morgan fingerprint density at radius 1 is 1.04 bits per heavy atom. The summed E-state index contributed by atoms with van der Waals surface area (Å²) >= 11 is 0. The van der Waals surface area contributed by atoms with Gasteiger partial charge in [0.25, 0.3) is 0 Å². The Hall–Kier alpha value is -2.27. The maximum Gasteiger partial charge on any atom is 0.222 e. The molecule has 0 atom stereocenters. The molecule has 5 heteroatoms. The average Bonchev–Trinajstić information content (AvgIpc) is 2.87. The molecular weight excluding hydrogens is 317 g/mol. The fourth-order valence-electron chi connectivity index (χ4n) is 3.20. The highest BCUT2D eigenvalue weighted by Gasteiger charge is 2.19. The standard InChI is InChI=1S/C20H24FN3O/c21-19-8-2-1-6-17(19)9-10-20(25)24-13-5-12-23(14-15-24)16-18-7-3-4-11-22-18/h1-4,6-8,11H,5,9-10,12-16H2. The van der Waals surface area contributed by atoms with Crippen molar-refractivity contribution in [3.8, 4) is 0 Å². The highest BCUT2D eigenvalue weighted by atomic mass is 19.1. The van der Waals surface area contributed by atoms with Gasteiger partial charge in [-0.1, -0.05) is 24.3 Å². The van der Waals surface area contributed by atoms with Crippen LogP contribution in [0.1, 0.15) is 24.1 Å². The van der Waals surface area contributed by atoms with Crippen LogP contribution in [0.2, 0.25) is 0 Å². The summed E-state index contributed by atoms with van der Waals surface area (Å²) in [5.41, 5.74) is 1.67. The zero-order valence-corrected chi connectivity index (χ0v) is 14.4. The number of benzene rings is 1. The second-order valence-electron chi connectivity index (χ2n) is 6.42. The number of nitrogens with zero attached hydrogens (tertiary/aromatic N) is 3. The third-order valence-electron chi connectivity index (χ3n) is 4.62. The zero-order chi connectivity index (χ0) is 17.5. The Morgan fingerprint density at radius 2 is 1.88 bits per heavy atom. The minimum Gasteiger partial charge on any atom is -0.341 e. The van der Waals surface area contributed by atoms with E-state index in [9.17, 15) is 9.18 Å². The van der Waals surface area contributed by atoms with E-state index in [1.807, 2.05) is 35.4 Å². The van der Waals surface area contributed by atoms with Crippen molar-refractivity contribution in [1.82, 2.24) is 14.8 Å². The summed E-state index contributed by atoms with van der Waals surface area (Å²) in [6.45, 7) is 4.13. The molecule has 0 bridgehead atoms. The fourth-order valence-corrected chi connectivity index (χ4v) is 3.20. The van der Waals surface area contributed by atoms with E-state index in [2.05, 4.69) is 9.88 Å². The number of carbonyl (C=O) groups excluding carboxylic acids is 1. The SMILES string of the molecule is O=C(CCc1ccccc1F)N1CCCN(Cc2ccccn2)CC1. The molecule has 1 amide bonds. The summed E-state index contributed by atoms with van der Waals surface area (Å²) in [6, 6.07) is 12.6. The first kappa shape index (κ1) is 17.5. The molecule has 3 rings (SSSR count). The van der Waals surface area contributed by atoms with Crippen molar-refractivity contribution in [2.45, 2.75) is 25.8 Å². The number of aromatic nitrogens is 1. The molecule has 1 fully saturated rings. The van der Waals surface area contributed by atoms with Gasteiger partial charge in [0, 0.05) is 45.3 Å². The molecule has 1 saturated heterocycles. The van der Waals surface area contributed by atoms with Crippen LogP contribution in [-0.4, -0.2) is 46.9 Å². The predicted molar refractivity (Wildman–Crippen MR) is 95.4 cm³/mol. The van der Waals surface area contributed by atoms with Gasteiger partial charge in [0.2, 0.25) is 5.91 Å². The molecule has 0 saturated carbocycles. The van der Waals surface area contributed by atoms with Crippen LogP contribution in [0.25, 0.3) is 0 Å². The first-order valence-electron chi connectivity index (χ1n) is 8.86. The van der Waals surface area contributed by atoms with E-state index in [0.29, 0.717) is 18.4 Å². The van der Waals surface area contributed by atoms with Crippen molar-refractivity contribution in [2.75, 3.05) is 26.2 Å². The van der Waals surface area contributed by atoms with Crippen LogP contribution in [0.15, 0.2) is 48.7 Å². The first-order chi connectivity index (χ1) is 12.2. The van der Waals surface area contributed by atoms with Crippen molar-refractivity contribution < 1.29 is 9.18 Å². The molecule has 2 aromatic rings. The number of carbonyl (C=O) groups is 1. The molecular formula is C20H24FN3O. The van der Waals surface area contributed by atoms with Gasteiger partial charge >= 0.3 is 0 Å². The van der Waals surface area contributed by atoms with Gasteiger partial charge in [-0.2, -0.15) is 0 Å². The quantitative estimate of drug-likeness (QED) is 0.839. The first-order valence-corrected chi connectivity index (χ1v) is 8.86. The normalized spacial score (nSPS) is 15.8. The molecule has 1 aromatic heterocycles. The van der Waals surface area contributed by atoms with Gasteiger partial charge in [0.1, 0.15) is 5.82 Å². The Balaban J connectivity index is 1.49. The van der Waals surface area contributed by atoms with Crippen molar-refractivity contribution in [2.24, 2.45) is 0 Å². The van der Waals surface area contributed by atoms with Crippen LogP contribution in [-0.2, 0) is 17.8 Å². The molecule has 2 heterocycles. The van der Waals surface area contributed by atoms with E-state index in [1.54, 1.807) is 12.1 Å². The van der Waals surface area contributed by atoms with Crippen molar-refractivity contribution in [3.05, 3.63) is 65.7 Å². The summed E-state index contributed by atoms with van der Waals surface area (Å²) in [5.74, 6) is -0.115. The maximum absolute atomic E-state index is 13.7. The van der Waals surface area contributed by atoms with Gasteiger partial charge < -0.3 is 4.90 Å². The number of halogens is 1. The van der Waals surface area contributed by atoms with Crippen molar-refractivity contribution >= 4 is 5.91 Å². The number of hydrogen-bond acceptors (Lipinski definition) is 3. The third-order valence-corrected chi connectivity index (χ3v) is 4.62. The summed E-state index contributed by atoms with van der Waals surface area (Å²) in [7, 11) is 0. The van der Waals surface area contributed by atoms with Gasteiger partial charge in [-0.15, -0.1) is 0 Å². The number of aryl methyl sites for hydroxylation is 1. The second kappa shape index (κ2) is 8.72. The molecule has 1 aliphatic heterocycles. The van der Waals surface area contributed by atoms with Gasteiger partial charge in [-0.25, -0.2) is 4.39 Å². The van der Waals surface area contributed by atoms with Gasteiger partial charge in [0.05, 0.1) is 5.69 Å². The molecule has 0 radical (unpaired) electrons. The largest absolute Gasteiger partial charge is 0.341 e. The van der Waals surface area contributed by atoms with Crippen LogP contribution in [0.4, 0.5) is 4.39 Å². The summed E-state index contributed by atoms with van der Waals surface area (Å²) < 4.78 is 13.7. The molecule has 1 aromatic carbocycles. The van der Waals surface area contributed by atoms with Crippen LogP contribution in [0.3, 0.4) is 0 Å². The zero-order valence-electron chi connectivity index (χ0n) is 14.4. The summed E-state index contributed by atoms with van der Waals surface area (Å²) in [5, 5.41) is 0. The van der Waals surface area contributed by atoms with E-state index < -0.39 is 0 Å². The molecule has 4 nitrogen and oxygen atoms in total. The Bertz CT molecular complexity index is 692. The Kier molecular flexibility index (Phi) is 6.12. The number of hydrogen-bond donors (Lipinski definition) is 0. The maximum atomic E-state index is 13.7. The van der Waals surface area contributed by atoms with E-state index in [0.717, 1.165) is 44.8 Å². The second-order valence-corrected chi connectivity index (χ2v) is 6.42. The lowest BCUT2D eigenvalue weighted by Crippen LogP contribution is -2.35. The number of amides is 1. The minimum absolute atomic E-state index is 0.114. The smallest absolute Gasteiger partial charge is 0.222 e. The summed E-state index contributed by atoms with van der Waals surface area (Å²) in [6.07, 6.45) is 3.59. The Morgan fingerprint density at radius 3 is 2.68 bits per heavy atom. The van der Waals surface area contributed by atoms with E-state index >= 15 is 0 Å². The van der Waals surface area contributed by atoms with Crippen LogP contribution < -0.4 is 0 Å². The van der Waals surface area contributed by atoms with E-state index in [4.69, 9.17) is 0 Å². The lowest BCUT2D eigenvalue weighted by atomic mass is 10.1. The molecule has 0 aliphatic carbocycles. The highest BCUT2D eigenvalue weighted by Crippen LogP contribution is 2.12. The molecule has 0 N–H and O–H groups in total. The van der Waals surface area contributed by atoms with Crippen LogP contribution >= 0.6 is 0 Å². The summed E-state index contributed by atoms with van der Waals surface area (Å²) in [4.78, 5) is 21.1. The molecule has 0 unspecified atom stereocenters. The molecule has 1 aliphatic rings. The lowest BCUT2D eigenvalue weighted by molar-refractivity contribution is -0.131. The van der Waals surface area contributed by atoms with Gasteiger partial charge in [-0.3, -0.25) is 14.7 Å². The predicted octanol–water partition coefficient (Wildman–Crippen LogP) is 2.89. The van der Waals surface area contributed by atoms with Gasteiger partial charge in [-0.05, 0) is 36.6 Å². The van der Waals surface area contributed by atoms with Crippen LogP contribution in [0.5, 0.6) is 0 Å². The molecule has 132 valence electrons. The third kappa shape index (κ3) is 5.10. The van der Waals surface area contributed by atoms with Crippen LogP contribution in [0, 0.1) is 5.82 Å². The average molecular weight is 341 g/mol. The number of rotatable bonds is 5.